The first-order valence-corrected chi connectivity index (χ1v) is 3.61. The van der Waals surface area contributed by atoms with Crippen molar-refractivity contribution >= 4 is 11.6 Å². The Morgan fingerprint density at radius 1 is 1.70 bits per heavy atom. The summed E-state index contributed by atoms with van der Waals surface area (Å²) in [6.07, 6.45) is 0. The smallest absolute Gasteiger partial charge is 0.0578 e. The van der Waals surface area contributed by atoms with Gasteiger partial charge in [0.25, 0.3) is 0 Å². The molecular formula is C8H12ClN. The van der Waals surface area contributed by atoms with Crippen LogP contribution in [0.3, 0.4) is 0 Å². The molecule has 0 aliphatic carbocycles. The first-order chi connectivity index (χ1) is 4.81. The SMILES string of the molecule is CC#CCNC/C(C)=C/Cl. The molecule has 56 valence electrons. The molecule has 10 heavy (non-hydrogen) atoms. The van der Waals surface area contributed by atoms with Crippen molar-refractivity contribution in [1.29, 1.82) is 0 Å². The maximum atomic E-state index is 5.43. The average molecular weight is 158 g/mol. The second-order valence-corrected chi connectivity index (χ2v) is 2.20. The van der Waals surface area contributed by atoms with Crippen LogP contribution in [0, 0.1) is 11.8 Å². The quantitative estimate of drug-likeness (QED) is 0.486. The van der Waals surface area contributed by atoms with Crippen molar-refractivity contribution in [2.45, 2.75) is 13.8 Å². The molecule has 0 aromatic carbocycles. The van der Waals surface area contributed by atoms with Gasteiger partial charge in [0, 0.05) is 12.1 Å². The van der Waals surface area contributed by atoms with Crippen LogP contribution in [0.2, 0.25) is 0 Å². The number of hydrogen-bond donors (Lipinski definition) is 1. The second kappa shape index (κ2) is 6.67. The van der Waals surface area contributed by atoms with E-state index in [0.29, 0.717) is 0 Å². The van der Waals surface area contributed by atoms with E-state index in [9.17, 15) is 0 Å². The van der Waals surface area contributed by atoms with E-state index < -0.39 is 0 Å². The van der Waals surface area contributed by atoms with E-state index in [2.05, 4.69) is 17.2 Å². The van der Waals surface area contributed by atoms with Crippen LogP contribution in [0.5, 0.6) is 0 Å². The summed E-state index contributed by atoms with van der Waals surface area (Å²) >= 11 is 5.43. The fourth-order valence-corrected chi connectivity index (χ4v) is 0.526. The molecule has 2 heteroatoms. The largest absolute Gasteiger partial charge is 0.302 e. The zero-order valence-corrected chi connectivity index (χ0v) is 7.13. The third-order valence-electron chi connectivity index (χ3n) is 0.980. The highest BCUT2D eigenvalue weighted by Gasteiger charge is 1.84. The van der Waals surface area contributed by atoms with E-state index in [1.54, 1.807) is 5.54 Å². The summed E-state index contributed by atoms with van der Waals surface area (Å²) in [5.74, 6) is 5.69. The van der Waals surface area contributed by atoms with Crippen LogP contribution in [-0.4, -0.2) is 13.1 Å². The van der Waals surface area contributed by atoms with Crippen molar-refractivity contribution in [3.8, 4) is 11.8 Å². The van der Waals surface area contributed by atoms with Crippen molar-refractivity contribution in [2.75, 3.05) is 13.1 Å². The van der Waals surface area contributed by atoms with Gasteiger partial charge in [-0.15, -0.1) is 5.92 Å². The topological polar surface area (TPSA) is 12.0 Å². The molecule has 1 N–H and O–H groups in total. The Balaban J connectivity index is 3.26. The summed E-state index contributed by atoms with van der Waals surface area (Å²) < 4.78 is 0. The molecule has 0 radical (unpaired) electrons. The zero-order chi connectivity index (χ0) is 7.82. The van der Waals surface area contributed by atoms with Gasteiger partial charge in [-0.25, -0.2) is 0 Å². The molecule has 1 nitrogen and oxygen atoms in total. The van der Waals surface area contributed by atoms with Crippen LogP contribution >= 0.6 is 11.6 Å². The fraction of sp³-hybridized carbons (Fsp3) is 0.500. The van der Waals surface area contributed by atoms with E-state index in [1.165, 1.54) is 0 Å². The molecule has 0 aliphatic rings. The number of hydrogen-bond acceptors (Lipinski definition) is 1. The van der Waals surface area contributed by atoms with Gasteiger partial charge in [-0.2, -0.15) is 0 Å². The van der Waals surface area contributed by atoms with Crippen LogP contribution in [0.4, 0.5) is 0 Å². The highest BCUT2D eigenvalue weighted by atomic mass is 35.5. The molecule has 0 saturated carbocycles. The summed E-state index contributed by atoms with van der Waals surface area (Å²) in [5.41, 5.74) is 2.70. The van der Waals surface area contributed by atoms with E-state index in [4.69, 9.17) is 11.6 Å². The molecule has 0 aliphatic heterocycles. The lowest BCUT2D eigenvalue weighted by Gasteiger charge is -1.97. The van der Waals surface area contributed by atoms with Crippen LogP contribution in [0.1, 0.15) is 13.8 Å². The Morgan fingerprint density at radius 2 is 2.40 bits per heavy atom. The monoisotopic (exact) mass is 157 g/mol. The van der Waals surface area contributed by atoms with Gasteiger partial charge in [0.05, 0.1) is 6.54 Å². The number of nitrogens with one attached hydrogen (secondary N) is 1. The molecule has 0 unspecified atom stereocenters. The summed E-state index contributed by atoms with van der Waals surface area (Å²) in [7, 11) is 0. The minimum absolute atomic E-state index is 0.735. The molecule has 0 rings (SSSR count). The van der Waals surface area contributed by atoms with Gasteiger partial charge < -0.3 is 5.32 Å². The van der Waals surface area contributed by atoms with E-state index in [-0.39, 0.29) is 0 Å². The third kappa shape index (κ3) is 5.68. The highest BCUT2D eigenvalue weighted by molar-refractivity contribution is 6.25. The highest BCUT2D eigenvalue weighted by Crippen LogP contribution is 1.90. The first kappa shape index (κ1) is 9.55. The van der Waals surface area contributed by atoms with Gasteiger partial charge in [-0.1, -0.05) is 17.5 Å². The van der Waals surface area contributed by atoms with Gasteiger partial charge in [0.2, 0.25) is 0 Å². The molecule has 0 amide bonds. The fourth-order valence-electron chi connectivity index (χ4n) is 0.449. The van der Waals surface area contributed by atoms with E-state index in [0.717, 1.165) is 18.7 Å². The standard InChI is InChI=1S/C8H12ClN/c1-3-4-5-10-7-8(2)6-9/h6,10H,5,7H2,1-2H3/b8-6+. The van der Waals surface area contributed by atoms with Gasteiger partial charge in [0.15, 0.2) is 0 Å². The molecule has 0 saturated heterocycles. The molecule has 0 bridgehead atoms. The van der Waals surface area contributed by atoms with Crippen LogP contribution in [-0.2, 0) is 0 Å². The van der Waals surface area contributed by atoms with Crippen LogP contribution in [0.25, 0.3) is 0 Å². The lowest BCUT2D eigenvalue weighted by molar-refractivity contribution is 0.827. The van der Waals surface area contributed by atoms with Gasteiger partial charge in [0.1, 0.15) is 0 Å². The average Bonchev–Trinajstić information content (AvgIpc) is 1.98. The molecule has 0 atom stereocenters. The maximum absolute atomic E-state index is 5.43. The summed E-state index contributed by atoms with van der Waals surface area (Å²) in [4.78, 5) is 0. The molecule has 0 aromatic rings. The predicted molar refractivity (Wildman–Crippen MR) is 45.9 cm³/mol. The summed E-state index contributed by atoms with van der Waals surface area (Å²) in [6.45, 7) is 5.35. The lowest BCUT2D eigenvalue weighted by Crippen LogP contribution is -2.15. The van der Waals surface area contributed by atoms with Gasteiger partial charge in [-0.05, 0) is 19.4 Å². The molecule has 0 spiro atoms. The van der Waals surface area contributed by atoms with Crippen LogP contribution in [0.15, 0.2) is 11.1 Å². The molecule has 0 aromatic heterocycles. The number of halogens is 1. The van der Waals surface area contributed by atoms with E-state index >= 15 is 0 Å². The first-order valence-electron chi connectivity index (χ1n) is 3.17. The molecule has 0 heterocycles. The third-order valence-corrected chi connectivity index (χ3v) is 1.35. The van der Waals surface area contributed by atoms with Crippen molar-refractivity contribution in [2.24, 2.45) is 0 Å². The Hall–Kier alpha value is -0.450. The minimum Gasteiger partial charge on any atom is -0.302 e. The van der Waals surface area contributed by atoms with Crippen molar-refractivity contribution in [3.05, 3.63) is 11.1 Å². The second-order valence-electron chi connectivity index (χ2n) is 1.99. The predicted octanol–water partition coefficient (Wildman–Crippen LogP) is 1.74. The van der Waals surface area contributed by atoms with Crippen molar-refractivity contribution in [3.63, 3.8) is 0 Å². The minimum atomic E-state index is 0.735. The maximum Gasteiger partial charge on any atom is 0.0578 e. The Bertz CT molecular complexity index is 162. The zero-order valence-electron chi connectivity index (χ0n) is 6.37. The van der Waals surface area contributed by atoms with Crippen molar-refractivity contribution in [1.82, 2.24) is 5.32 Å². The summed E-state index contributed by atoms with van der Waals surface area (Å²) in [5, 5.41) is 3.11. The normalized spacial score (nSPS) is 10.5. The van der Waals surface area contributed by atoms with Gasteiger partial charge in [-0.3, -0.25) is 0 Å². The number of rotatable bonds is 3. The van der Waals surface area contributed by atoms with Crippen LogP contribution < -0.4 is 5.32 Å². The van der Waals surface area contributed by atoms with Gasteiger partial charge >= 0.3 is 0 Å². The Labute approximate surface area is 67.5 Å². The Kier molecular flexibility index (Phi) is 6.37. The van der Waals surface area contributed by atoms with Crippen molar-refractivity contribution < 1.29 is 0 Å². The van der Waals surface area contributed by atoms with E-state index in [1.807, 2.05) is 13.8 Å². The lowest BCUT2D eigenvalue weighted by atomic mass is 10.3. The summed E-state index contributed by atoms with van der Waals surface area (Å²) in [6, 6.07) is 0. The molecule has 0 fully saturated rings. The Morgan fingerprint density at radius 3 is 2.90 bits per heavy atom. The molecular weight excluding hydrogens is 146 g/mol.